The maximum atomic E-state index is 13.4. The van der Waals surface area contributed by atoms with E-state index in [-0.39, 0.29) is 42.5 Å². The van der Waals surface area contributed by atoms with E-state index in [0.29, 0.717) is 23.5 Å². The fourth-order valence-electron chi connectivity index (χ4n) is 3.82. The largest absolute Gasteiger partial charge is 0.497 e. The molecule has 10 nitrogen and oxygen atoms in total. The Labute approximate surface area is 217 Å². The highest BCUT2D eigenvalue weighted by molar-refractivity contribution is 5.97. The van der Waals surface area contributed by atoms with Crippen LogP contribution in [0.3, 0.4) is 0 Å². The average Bonchev–Trinajstić information content (AvgIpc) is 2.89. The molecule has 1 aliphatic heterocycles. The second-order valence-corrected chi connectivity index (χ2v) is 9.18. The van der Waals surface area contributed by atoms with Crippen LogP contribution in [-0.2, 0) is 0 Å². The molecule has 0 aliphatic carbocycles. The van der Waals surface area contributed by atoms with E-state index in [1.165, 1.54) is 11.1 Å². The number of aromatic nitrogens is 1. The van der Waals surface area contributed by atoms with Crippen LogP contribution in [0.1, 0.15) is 36.7 Å². The van der Waals surface area contributed by atoms with Crippen molar-refractivity contribution in [3.05, 3.63) is 47.7 Å². The molecular formula is C27H34N4O6. The number of urea groups is 1. The molecule has 198 valence electrons. The highest BCUT2D eigenvalue weighted by Crippen LogP contribution is 2.27. The standard InChI is InChI=1S/C27H34N4O6/c1-17-14-31(18(2)16-32)26(34)23-12-20(7-6-19(3)33)13-28-25(23)37-24(17)15-30(4)27(35)29-21-8-10-22(36-5)11-9-21/h8-13,17-19,24,32-33H,14-16H2,1-5H3,(H,29,35)/t17-,18+,19-,24-/m1/s1. The van der Waals surface area contributed by atoms with Crippen molar-refractivity contribution in [3.63, 3.8) is 0 Å². The summed E-state index contributed by atoms with van der Waals surface area (Å²) in [6.07, 6.45) is 0.156. The smallest absolute Gasteiger partial charge is 0.321 e. The number of ether oxygens (including phenoxy) is 2. The van der Waals surface area contributed by atoms with Crippen LogP contribution < -0.4 is 14.8 Å². The number of aliphatic hydroxyl groups is 2. The van der Waals surface area contributed by atoms with E-state index in [0.717, 1.165) is 0 Å². The summed E-state index contributed by atoms with van der Waals surface area (Å²) < 4.78 is 11.4. The SMILES string of the molecule is COc1ccc(NC(=O)N(C)C[C@H]2Oc3ncc(C#C[C@@H](C)O)cc3C(=O)N([C@@H](C)CO)C[C@H]2C)cc1. The first-order valence-electron chi connectivity index (χ1n) is 12.1. The second kappa shape index (κ2) is 12.4. The highest BCUT2D eigenvalue weighted by Gasteiger charge is 2.34. The van der Waals surface area contributed by atoms with Crippen molar-refractivity contribution in [1.29, 1.82) is 0 Å². The van der Waals surface area contributed by atoms with Crippen LogP contribution in [-0.4, -0.2) is 89.0 Å². The zero-order chi connectivity index (χ0) is 27.1. The number of hydrogen-bond donors (Lipinski definition) is 3. The van der Waals surface area contributed by atoms with Crippen molar-refractivity contribution in [2.24, 2.45) is 5.92 Å². The van der Waals surface area contributed by atoms with Crippen molar-refractivity contribution in [1.82, 2.24) is 14.8 Å². The van der Waals surface area contributed by atoms with Crippen molar-refractivity contribution in [2.75, 3.05) is 39.2 Å². The molecule has 10 heteroatoms. The molecule has 0 saturated heterocycles. The maximum absolute atomic E-state index is 13.4. The van der Waals surface area contributed by atoms with Gasteiger partial charge in [-0.25, -0.2) is 9.78 Å². The Hall–Kier alpha value is -3.81. The average molecular weight is 511 g/mol. The van der Waals surface area contributed by atoms with Crippen LogP contribution in [0.2, 0.25) is 0 Å². The van der Waals surface area contributed by atoms with Gasteiger partial charge in [0.1, 0.15) is 23.5 Å². The molecule has 0 radical (unpaired) electrons. The molecule has 0 unspecified atom stereocenters. The Morgan fingerprint density at radius 2 is 2.05 bits per heavy atom. The minimum atomic E-state index is -0.829. The lowest BCUT2D eigenvalue weighted by atomic mass is 10.00. The molecule has 3 rings (SSSR count). The fraction of sp³-hybridized carbons (Fsp3) is 0.444. The third-order valence-electron chi connectivity index (χ3n) is 6.09. The van der Waals surface area contributed by atoms with Gasteiger partial charge in [-0.3, -0.25) is 4.79 Å². The number of carbonyl (C=O) groups excluding carboxylic acids is 2. The first kappa shape index (κ1) is 27.8. The van der Waals surface area contributed by atoms with E-state index >= 15 is 0 Å². The van der Waals surface area contributed by atoms with Crippen LogP contribution in [0, 0.1) is 17.8 Å². The number of methoxy groups -OCH3 is 1. The third-order valence-corrected chi connectivity index (χ3v) is 6.09. The van der Waals surface area contributed by atoms with Gasteiger partial charge < -0.3 is 34.8 Å². The van der Waals surface area contributed by atoms with Crippen molar-refractivity contribution in [3.8, 4) is 23.5 Å². The van der Waals surface area contributed by atoms with Crippen LogP contribution in [0.5, 0.6) is 11.6 Å². The molecule has 0 bridgehead atoms. The number of pyridine rings is 1. The number of amides is 3. The van der Waals surface area contributed by atoms with Gasteiger partial charge in [0, 0.05) is 37.0 Å². The number of carbonyl (C=O) groups is 2. The maximum Gasteiger partial charge on any atom is 0.321 e. The summed E-state index contributed by atoms with van der Waals surface area (Å²) in [7, 11) is 3.24. The molecular weight excluding hydrogens is 476 g/mol. The number of likely N-dealkylation sites (N-methyl/N-ethyl adjacent to an activating group) is 1. The second-order valence-electron chi connectivity index (χ2n) is 9.18. The summed E-state index contributed by atoms with van der Waals surface area (Å²) in [5, 5.41) is 22.1. The van der Waals surface area contributed by atoms with Crippen molar-refractivity contribution in [2.45, 2.75) is 39.0 Å². The van der Waals surface area contributed by atoms with Crippen LogP contribution in [0.15, 0.2) is 36.5 Å². The molecule has 1 aromatic carbocycles. The molecule has 4 atom stereocenters. The number of nitrogens with one attached hydrogen (secondary N) is 1. The van der Waals surface area contributed by atoms with Gasteiger partial charge in [-0.15, -0.1) is 0 Å². The van der Waals surface area contributed by atoms with E-state index in [2.05, 4.69) is 22.1 Å². The lowest BCUT2D eigenvalue weighted by Gasteiger charge is -2.37. The lowest BCUT2D eigenvalue weighted by Crippen LogP contribution is -2.50. The Balaban J connectivity index is 1.85. The van der Waals surface area contributed by atoms with Gasteiger partial charge in [0.2, 0.25) is 5.88 Å². The Morgan fingerprint density at radius 1 is 1.35 bits per heavy atom. The van der Waals surface area contributed by atoms with Gasteiger partial charge in [-0.05, 0) is 44.2 Å². The normalized spacial score (nSPS) is 18.7. The Bertz CT molecular complexity index is 1160. The minimum absolute atomic E-state index is 0.128. The highest BCUT2D eigenvalue weighted by atomic mass is 16.5. The predicted octanol–water partition coefficient (Wildman–Crippen LogP) is 2.21. The predicted molar refractivity (Wildman–Crippen MR) is 139 cm³/mol. The Morgan fingerprint density at radius 3 is 2.68 bits per heavy atom. The van der Waals surface area contributed by atoms with Gasteiger partial charge in [-0.2, -0.15) is 0 Å². The molecule has 0 spiro atoms. The van der Waals surface area contributed by atoms with E-state index in [4.69, 9.17) is 9.47 Å². The minimum Gasteiger partial charge on any atom is -0.497 e. The first-order chi connectivity index (χ1) is 17.6. The molecule has 2 aromatic rings. The number of hydrogen-bond acceptors (Lipinski definition) is 7. The van der Waals surface area contributed by atoms with E-state index < -0.39 is 18.2 Å². The third kappa shape index (κ3) is 7.12. The van der Waals surface area contributed by atoms with E-state index in [1.807, 2.05) is 6.92 Å². The topological polar surface area (TPSA) is 124 Å². The molecule has 0 saturated carbocycles. The van der Waals surface area contributed by atoms with Crippen LogP contribution in [0.4, 0.5) is 10.5 Å². The summed E-state index contributed by atoms with van der Waals surface area (Å²) in [5.41, 5.74) is 1.28. The van der Waals surface area contributed by atoms with Crippen molar-refractivity contribution >= 4 is 17.6 Å². The van der Waals surface area contributed by atoms with Gasteiger partial charge >= 0.3 is 6.03 Å². The number of anilines is 1. The quantitative estimate of drug-likeness (QED) is 0.509. The number of fused-ring (bicyclic) bond motifs is 1. The van der Waals surface area contributed by atoms with Gasteiger partial charge in [0.05, 0.1) is 26.3 Å². The van der Waals surface area contributed by atoms with E-state index in [1.54, 1.807) is 63.2 Å². The molecule has 0 fully saturated rings. The summed E-state index contributed by atoms with van der Waals surface area (Å²) in [6, 6.07) is 7.82. The fourth-order valence-corrected chi connectivity index (χ4v) is 3.82. The Kier molecular flexibility index (Phi) is 9.33. The van der Waals surface area contributed by atoms with Crippen LogP contribution >= 0.6 is 0 Å². The molecule has 3 amide bonds. The van der Waals surface area contributed by atoms with Gasteiger partial charge in [0.15, 0.2) is 0 Å². The summed E-state index contributed by atoms with van der Waals surface area (Å²) in [6.45, 7) is 5.56. The number of aliphatic hydroxyl groups excluding tert-OH is 2. The summed E-state index contributed by atoms with van der Waals surface area (Å²) >= 11 is 0. The first-order valence-corrected chi connectivity index (χ1v) is 12.1. The van der Waals surface area contributed by atoms with Crippen molar-refractivity contribution < 1.29 is 29.3 Å². The zero-order valence-electron chi connectivity index (χ0n) is 21.8. The summed E-state index contributed by atoms with van der Waals surface area (Å²) in [4.78, 5) is 33.7. The molecule has 3 N–H and O–H groups in total. The molecule has 1 aromatic heterocycles. The number of rotatable bonds is 6. The zero-order valence-corrected chi connectivity index (χ0v) is 21.8. The van der Waals surface area contributed by atoms with E-state index in [9.17, 15) is 19.8 Å². The van der Waals surface area contributed by atoms with Gasteiger partial charge in [0.25, 0.3) is 5.91 Å². The summed E-state index contributed by atoms with van der Waals surface area (Å²) in [5.74, 6) is 5.74. The lowest BCUT2D eigenvalue weighted by molar-refractivity contribution is 0.0356. The number of nitrogens with zero attached hydrogens (tertiary/aromatic N) is 3. The number of benzene rings is 1. The molecule has 2 heterocycles. The van der Waals surface area contributed by atoms with Crippen LogP contribution in [0.25, 0.3) is 0 Å². The monoisotopic (exact) mass is 510 g/mol. The molecule has 1 aliphatic rings. The van der Waals surface area contributed by atoms with Gasteiger partial charge in [-0.1, -0.05) is 18.8 Å². The molecule has 37 heavy (non-hydrogen) atoms.